The van der Waals surface area contributed by atoms with Crippen LogP contribution >= 0.6 is 11.6 Å². The van der Waals surface area contributed by atoms with Gasteiger partial charge in [-0.15, -0.1) is 0 Å². The van der Waals surface area contributed by atoms with Crippen LogP contribution in [0.2, 0.25) is 5.02 Å². The largest absolute Gasteiger partial charge is 0.255 e. The van der Waals surface area contributed by atoms with Crippen molar-refractivity contribution in [2.45, 2.75) is 0 Å². The molecule has 0 bridgehead atoms. The van der Waals surface area contributed by atoms with E-state index >= 15 is 0 Å². The summed E-state index contributed by atoms with van der Waals surface area (Å²) >= 11 is 5.89. The van der Waals surface area contributed by atoms with Gasteiger partial charge in [-0.25, -0.2) is 0 Å². The third-order valence-corrected chi connectivity index (χ3v) is 3.70. The lowest BCUT2D eigenvalue weighted by Crippen LogP contribution is -1.83. The van der Waals surface area contributed by atoms with Gasteiger partial charge in [0.2, 0.25) is 0 Å². The zero-order chi connectivity index (χ0) is 17.5. The van der Waals surface area contributed by atoms with E-state index in [4.69, 9.17) is 16.9 Å². The van der Waals surface area contributed by atoms with Gasteiger partial charge < -0.3 is 0 Å². The summed E-state index contributed by atoms with van der Waals surface area (Å²) in [6.07, 6.45) is 1.72. The van der Waals surface area contributed by atoms with Gasteiger partial charge >= 0.3 is 0 Å². The second-order valence-electron chi connectivity index (χ2n) is 5.27. The Hall–Kier alpha value is -3.33. The third-order valence-electron chi connectivity index (χ3n) is 3.47. The van der Waals surface area contributed by atoms with E-state index in [9.17, 15) is 0 Å². The maximum atomic E-state index is 9.13. The van der Waals surface area contributed by atoms with Crippen molar-refractivity contribution < 1.29 is 0 Å². The molecule has 0 atom stereocenters. The van der Waals surface area contributed by atoms with Gasteiger partial charge in [0.15, 0.2) is 0 Å². The number of hydrogen-bond donors (Lipinski definition) is 0. The highest BCUT2D eigenvalue weighted by Gasteiger charge is 2.00. The van der Waals surface area contributed by atoms with Crippen LogP contribution in [0.5, 0.6) is 0 Å². The molecular formula is C22H13ClN2. The van der Waals surface area contributed by atoms with Gasteiger partial charge in [-0.2, -0.15) is 5.26 Å². The van der Waals surface area contributed by atoms with Gasteiger partial charge in [-0.3, -0.25) is 4.99 Å². The van der Waals surface area contributed by atoms with Crippen molar-refractivity contribution in [2.24, 2.45) is 4.99 Å². The molecule has 118 valence electrons. The SMILES string of the molecule is N#Cc1cc(Cl)ccc1N=Cc1ccc(C#Cc2ccccc2)cc1. The highest BCUT2D eigenvalue weighted by molar-refractivity contribution is 6.30. The van der Waals surface area contributed by atoms with Crippen LogP contribution < -0.4 is 0 Å². The maximum absolute atomic E-state index is 9.13. The first kappa shape index (κ1) is 16.5. The molecule has 0 saturated carbocycles. The summed E-state index contributed by atoms with van der Waals surface area (Å²) in [6, 6.07) is 24.8. The number of rotatable bonds is 2. The normalized spacial score (nSPS) is 10.1. The second-order valence-corrected chi connectivity index (χ2v) is 5.71. The van der Waals surface area contributed by atoms with Crippen LogP contribution in [0, 0.1) is 23.2 Å². The summed E-state index contributed by atoms with van der Waals surface area (Å²) in [5.74, 6) is 6.26. The average Bonchev–Trinajstić information content (AvgIpc) is 2.67. The predicted octanol–water partition coefficient (Wildman–Crippen LogP) is 5.36. The Labute approximate surface area is 152 Å². The van der Waals surface area contributed by atoms with E-state index in [1.54, 1.807) is 24.4 Å². The summed E-state index contributed by atoms with van der Waals surface area (Å²) in [5.41, 5.74) is 3.91. The Morgan fingerprint density at radius 1 is 0.840 bits per heavy atom. The summed E-state index contributed by atoms with van der Waals surface area (Å²) in [5, 5.41) is 9.66. The summed E-state index contributed by atoms with van der Waals surface area (Å²) in [7, 11) is 0. The molecule has 3 heteroatoms. The average molecular weight is 341 g/mol. The van der Waals surface area contributed by atoms with E-state index in [1.165, 1.54) is 0 Å². The fraction of sp³-hybridized carbons (Fsp3) is 0. The van der Waals surface area contributed by atoms with Gasteiger partial charge in [0.1, 0.15) is 6.07 Å². The smallest absolute Gasteiger partial charge is 0.101 e. The Balaban J connectivity index is 1.75. The Bertz CT molecular complexity index is 1000. The predicted molar refractivity (Wildman–Crippen MR) is 102 cm³/mol. The first-order chi connectivity index (χ1) is 12.2. The summed E-state index contributed by atoms with van der Waals surface area (Å²) < 4.78 is 0. The molecule has 0 aliphatic carbocycles. The van der Waals surface area contributed by atoms with Crippen molar-refractivity contribution in [1.29, 1.82) is 5.26 Å². The minimum absolute atomic E-state index is 0.453. The Kier molecular flexibility index (Phi) is 5.27. The first-order valence-corrected chi connectivity index (χ1v) is 8.03. The minimum atomic E-state index is 0.453. The summed E-state index contributed by atoms with van der Waals surface area (Å²) in [6.45, 7) is 0. The zero-order valence-electron chi connectivity index (χ0n) is 13.3. The number of halogens is 1. The number of nitrogens with zero attached hydrogens (tertiary/aromatic N) is 2. The molecule has 3 rings (SSSR count). The van der Waals surface area contributed by atoms with E-state index in [-0.39, 0.29) is 0 Å². The molecule has 0 unspecified atom stereocenters. The molecule has 25 heavy (non-hydrogen) atoms. The van der Waals surface area contributed by atoms with E-state index < -0.39 is 0 Å². The zero-order valence-corrected chi connectivity index (χ0v) is 14.0. The standard InChI is InChI=1S/C22H13ClN2/c23-21-12-13-22(20(14-21)15-24)25-16-19-10-8-18(9-11-19)7-6-17-4-2-1-3-5-17/h1-5,8-14,16H. The molecule has 0 N–H and O–H groups in total. The van der Waals surface area contributed by atoms with E-state index in [0.29, 0.717) is 16.3 Å². The second kappa shape index (κ2) is 7.97. The molecule has 0 saturated heterocycles. The van der Waals surface area contributed by atoms with Crippen molar-refractivity contribution in [3.8, 4) is 17.9 Å². The molecule has 2 nitrogen and oxygen atoms in total. The molecule has 0 amide bonds. The fourth-order valence-corrected chi connectivity index (χ4v) is 2.34. The van der Waals surface area contributed by atoms with Crippen molar-refractivity contribution in [2.75, 3.05) is 0 Å². The van der Waals surface area contributed by atoms with Gasteiger partial charge in [0, 0.05) is 22.4 Å². The van der Waals surface area contributed by atoms with Gasteiger partial charge in [0.05, 0.1) is 11.3 Å². The van der Waals surface area contributed by atoms with E-state index in [0.717, 1.165) is 16.7 Å². The molecule has 3 aromatic carbocycles. The van der Waals surface area contributed by atoms with E-state index in [2.05, 4.69) is 22.9 Å². The van der Waals surface area contributed by atoms with Crippen LogP contribution in [0.3, 0.4) is 0 Å². The molecule has 0 heterocycles. The van der Waals surface area contributed by atoms with Crippen LogP contribution in [-0.2, 0) is 0 Å². The Morgan fingerprint density at radius 3 is 2.20 bits per heavy atom. The van der Waals surface area contributed by atoms with Crippen molar-refractivity contribution in [3.05, 3.63) is 100 Å². The van der Waals surface area contributed by atoms with Gasteiger partial charge in [-0.1, -0.05) is 53.8 Å². The lowest BCUT2D eigenvalue weighted by molar-refractivity contribution is 1.44. The van der Waals surface area contributed by atoms with Crippen LogP contribution in [0.15, 0.2) is 77.8 Å². The monoisotopic (exact) mass is 340 g/mol. The van der Waals surface area contributed by atoms with Gasteiger partial charge in [-0.05, 0) is 48.0 Å². The van der Waals surface area contributed by atoms with Crippen LogP contribution in [0.25, 0.3) is 0 Å². The van der Waals surface area contributed by atoms with Crippen molar-refractivity contribution in [1.82, 2.24) is 0 Å². The van der Waals surface area contributed by atoms with Crippen molar-refractivity contribution >= 4 is 23.5 Å². The van der Waals surface area contributed by atoms with Gasteiger partial charge in [0.25, 0.3) is 0 Å². The minimum Gasteiger partial charge on any atom is -0.255 e. The highest BCUT2D eigenvalue weighted by atomic mass is 35.5. The molecule has 0 aliphatic rings. The first-order valence-electron chi connectivity index (χ1n) is 7.65. The van der Waals surface area contributed by atoms with Crippen molar-refractivity contribution in [3.63, 3.8) is 0 Å². The van der Waals surface area contributed by atoms with E-state index in [1.807, 2.05) is 54.6 Å². The van der Waals surface area contributed by atoms with Crippen LogP contribution in [-0.4, -0.2) is 6.21 Å². The maximum Gasteiger partial charge on any atom is 0.101 e. The molecular weight excluding hydrogens is 328 g/mol. The highest BCUT2D eigenvalue weighted by Crippen LogP contribution is 2.22. The fourth-order valence-electron chi connectivity index (χ4n) is 2.17. The lowest BCUT2D eigenvalue weighted by Gasteiger charge is -1.98. The molecule has 0 fully saturated rings. The summed E-state index contributed by atoms with van der Waals surface area (Å²) in [4.78, 5) is 4.37. The number of benzene rings is 3. The number of aliphatic imine (C=N–C) groups is 1. The molecule has 0 spiro atoms. The topological polar surface area (TPSA) is 36.1 Å². The lowest BCUT2D eigenvalue weighted by atomic mass is 10.1. The molecule has 0 aromatic heterocycles. The number of nitriles is 1. The Morgan fingerprint density at radius 2 is 1.52 bits per heavy atom. The van der Waals surface area contributed by atoms with Crippen LogP contribution in [0.4, 0.5) is 5.69 Å². The molecule has 3 aromatic rings. The third kappa shape index (κ3) is 4.58. The van der Waals surface area contributed by atoms with Crippen LogP contribution in [0.1, 0.15) is 22.3 Å². The number of hydrogen-bond acceptors (Lipinski definition) is 2. The molecule has 0 aliphatic heterocycles. The quantitative estimate of drug-likeness (QED) is 0.457. The molecule has 0 radical (unpaired) electrons.